The molecule has 0 saturated heterocycles. The van der Waals surface area contributed by atoms with E-state index in [1.54, 1.807) is 18.2 Å². The molecule has 0 aromatic heterocycles. The smallest absolute Gasteiger partial charge is 0.313 e. The number of nitrogens with one attached hydrogen (secondary N) is 2. The molecule has 2 atom stereocenters. The minimum Gasteiger partial charge on any atom is -0.393 e. The van der Waals surface area contributed by atoms with Gasteiger partial charge in [-0.15, -0.1) is 0 Å². The summed E-state index contributed by atoms with van der Waals surface area (Å²) in [5, 5.41) is 15.3. The van der Waals surface area contributed by atoms with E-state index in [0.717, 1.165) is 24.8 Å². The van der Waals surface area contributed by atoms with E-state index in [2.05, 4.69) is 10.6 Å². The Labute approximate surface area is 128 Å². The minimum absolute atomic E-state index is 0.0376. The van der Waals surface area contributed by atoms with Crippen LogP contribution in [-0.2, 0) is 9.59 Å². The SMILES string of the molecule is Cc1ccc(NC(=O)C(=O)NCC2CCCC2O)cc1Cl. The van der Waals surface area contributed by atoms with Gasteiger partial charge in [0.2, 0.25) is 0 Å². The van der Waals surface area contributed by atoms with Gasteiger partial charge in [-0.2, -0.15) is 0 Å². The highest BCUT2D eigenvalue weighted by atomic mass is 35.5. The zero-order valence-corrected chi connectivity index (χ0v) is 12.6. The summed E-state index contributed by atoms with van der Waals surface area (Å²) in [6.45, 7) is 2.18. The Balaban J connectivity index is 1.84. The maximum atomic E-state index is 11.8. The lowest BCUT2D eigenvalue weighted by Gasteiger charge is -2.14. The number of amides is 2. The summed E-state index contributed by atoms with van der Waals surface area (Å²) in [5.74, 6) is -1.40. The Hall–Kier alpha value is -1.59. The van der Waals surface area contributed by atoms with Crippen LogP contribution >= 0.6 is 11.6 Å². The molecular weight excluding hydrogens is 292 g/mol. The highest BCUT2D eigenvalue weighted by Crippen LogP contribution is 2.24. The average Bonchev–Trinajstić information content (AvgIpc) is 2.85. The van der Waals surface area contributed by atoms with E-state index in [9.17, 15) is 14.7 Å². The predicted molar refractivity (Wildman–Crippen MR) is 81.2 cm³/mol. The number of rotatable bonds is 3. The summed E-state index contributed by atoms with van der Waals surface area (Å²) in [7, 11) is 0. The van der Waals surface area contributed by atoms with Crippen molar-refractivity contribution in [1.29, 1.82) is 0 Å². The third-order valence-corrected chi connectivity index (χ3v) is 4.19. The van der Waals surface area contributed by atoms with Crippen LogP contribution in [0, 0.1) is 12.8 Å². The molecule has 0 spiro atoms. The van der Waals surface area contributed by atoms with Crippen molar-refractivity contribution in [3.8, 4) is 0 Å². The van der Waals surface area contributed by atoms with Crippen LogP contribution in [-0.4, -0.2) is 29.6 Å². The van der Waals surface area contributed by atoms with E-state index < -0.39 is 11.8 Å². The van der Waals surface area contributed by atoms with E-state index in [-0.39, 0.29) is 12.0 Å². The van der Waals surface area contributed by atoms with E-state index in [1.807, 2.05) is 6.92 Å². The Morgan fingerprint density at radius 1 is 1.33 bits per heavy atom. The zero-order valence-electron chi connectivity index (χ0n) is 11.9. The molecule has 1 aliphatic rings. The molecule has 2 amide bonds. The molecule has 0 aliphatic heterocycles. The van der Waals surface area contributed by atoms with Crippen LogP contribution in [0.25, 0.3) is 0 Å². The number of benzene rings is 1. The monoisotopic (exact) mass is 310 g/mol. The van der Waals surface area contributed by atoms with E-state index in [4.69, 9.17) is 11.6 Å². The van der Waals surface area contributed by atoms with Crippen LogP contribution in [0.3, 0.4) is 0 Å². The van der Waals surface area contributed by atoms with E-state index >= 15 is 0 Å². The van der Waals surface area contributed by atoms with Gasteiger partial charge in [0.05, 0.1) is 6.10 Å². The molecule has 1 aromatic carbocycles. The molecule has 3 N–H and O–H groups in total. The van der Waals surface area contributed by atoms with Crippen molar-refractivity contribution in [2.45, 2.75) is 32.3 Å². The lowest BCUT2D eigenvalue weighted by atomic mass is 10.1. The van der Waals surface area contributed by atoms with Crippen LogP contribution < -0.4 is 10.6 Å². The van der Waals surface area contributed by atoms with Crippen LogP contribution in [0.5, 0.6) is 0 Å². The number of hydrogen-bond donors (Lipinski definition) is 3. The second-order valence-electron chi connectivity index (χ2n) is 5.39. The van der Waals surface area contributed by atoms with Gasteiger partial charge in [0.25, 0.3) is 0 Å². The maximum Gasteiger partial charge on any atom is 0.313 e. The molecule has 1 fully saturated rings. The van der Waals surface area contributed by atoms with Gasteiger partial charge < -0.3 is 15.7 Å². The molecule has 1 saturated carbocycles. The summed E-state index contributed by atoms with van der Waals surface area (Å²) < 4.78 is 0. The molecule has 0 bridgehead atoms. The Morgan fingerprint density at radius 2 is 2.10 bits per heavy atom. The van der Waals surface area contributed by atoms with Gasteiger partial charge in [-0.1, -0.05) is 24.1 Å². The lowest BCUT2D eigenvalue weighted by Crippen LogP contribution is -2.39. The van der Waals surface area contributed by atoms with Gasteiger partial charge in [-0.3, -0.25) is 9.59 Å². The summed E-state index contributed by atoms with van der Waals surface area (Å²) in [6, 6.07) is 5.06. The quantitative estimate of drug-likeness (QED) is 0.746. The van der Waals surface area contributed by atoms with Crippen molar-refractivity contribution in [2.24, 2.45) is 5.92 Å². The maximum absolute atomic E-state index is 11.8. The second kappa shape index (κ2) is 6.91. The number of carbonyl (C=O) groups is 2. The first-order chi connectivity index (χ1) is 9.97. The zero-order chi connectivity index (χ0) is 15.4. The third-order valence-electron chi connectivity index (χ3n) is 3.78. The number of carbonyl (C=O) groups excluding carboxylic acids is 2. The number of aliphatic hydroxyl groups excluding tert-OH is 1. The first-order valence-electron chi connectivity index (χ1n) is 7.01. The highest BCUT2D eigenvalue weighted by molar-refractivity contribution is 6.39. The molecule has 2 unspecified atom stereocenters. The van der Waals surface area contributed by atoms with Gasteiger partial charge in [-0.05, 0) is 37.5 Å². The van der Waals surface area contributed by atoms with Gasteiger partial charge in [0.1, 0.15) is 0 Å². The van der Waals surface area contributed by atoms with Crippen LogP contribution in [0.4, 0.5) is 5.69 Å². The van der Waals surface area contributed by atoms with Gasteiger partial charge in [0, 0.05) is 23.2 Å². The van der Waals surface area contributed by atoms with Gasteiger partial charge >= 0.3 is 11.8 Å². The number of hydrogen-bond acceptors (Lipinski definition) is 3. The summed E-state index contributed by atoms with van der Waals surface area (Å²) >= 11 is 5.96. The molecule has 5 nitrogen and oxygen atoms in total. The van der Waals surface area contributed by atoms with Crippen molar-refractivity contribution in [3.63, 3.8) is 0 Å². The van der Waals surface area contributed by atoms with Crippen LogP contribution in [0.2, 0.25) is 5.02 Å². The average molecular weight is 311 g/mol. The van der Waals surface area contributed by atoms with Gasteiger partial charge in [0.15, 0.2) is 0 Å². The summed E-state index contributed by atoms with van der Waals surface area (Å²) in [5.41, 5.74) is 1.38. The van der Waals surface area contributed by atoms with Crippen molar-refractivity contribution in [2.75, 3.05) is 11.9 Å². The second-order valence-corrected chi connectivity index (χ2v) is 5.79. The number of halogens is 1. The molecule has 1 aromatic rings. The lowest BCUT2D eigenvalue weighted by molar-refractivity contribution is -0.136. The fourth-order valence-electron chi connectivity index (χ4n) is 2.42. The summed E-state index contributed by atoms with van der Waals surface area (Å²) in [6.07, 6.45) is 2.20. The minimum atomic E-state index is -0.734. The normalized spacial score (nSPS) is 21.1. The predicted octanol–water partition coefficient (Wildman–Crippen LogP) is 1.86. The highest BCUT2D eigenvalue weighted by Gasteiger charge is 2.26. The number of aryl methyl sites for hydroxylation is 1. The standard InChI is InChI=1S/C15H19ClN2O3/c1-9-5-6-11(7-12(9)16)18-15(21)14(20)17-8-10-3-2-4-13(10)19/h5-7,10,13,19H,2-4,8H2,1H3,(H,17,20)(H,18,21). The fraction of sp³-hybridized carbons (Fsp3) is 0.467. The first-order valence-corrected chi connectivity index (χ1v) is 7.38. The van der Waals surface area contributed by atoms with Gasteiger partial charge in [-0.25, -0.2) is 0 Å². The number of anilines is 1. The Morgan fingerprint density at radius 3 is 2.71 bits per heavy atom. The third kappa shape index (κ3) is 4.19. The van der Waals surface area contributed by atoms with Crippen molar-refractivity contribution in [3.05, 3.63) is 28.8 Å². The summed E-state index contributed by atoms with van der Waals surface area (Å²) in [4.78, 5) is 23.5. The van der Waals surface area contributed by atoms with Crippen LogP contribution in [0.1, 0.15) is 24.8 Å². The van der Waals surface area contributed by atoms with E-state index in [0.29, 0.717) is 17.3 Å². The molecule has 21 heavy (non-hydrogen) atoms. The molecule has 0 heterocycles. The Kier molecular flexibility index (Phi) is 5.20. The topological polar surface area (TPSA) is 78.4 Å². The molecule has 2 rings (SSSR count). The molecule has 114 valence electrons. The van der Waals surface area contributed by atoms with Crippen LogP contribution in [0.15, 0.2) is 18.2 Å². The molecule has 0 radical (unpaired) electrons. The van der Waals surface area contributed by atoms with E-state index in [1.165, 1.54) is 0 Å². The molecule has 1 aliphatic carbocycles. The van der Waals surface area contributed by atoms with Crippen molar-refractivity contribution in [1.82, 2.24) is 5.32 Å². The largest absolute Gasteiger partial charge is 0.393 e. The Bertz CT molecular complexity index is 548. The van der Waals surface area contributed by atoms with Crippen molar-refractivity contribution < 1.29 is 14.7 Å². The molecular formula is C15H19ClN2O3. The van der Waals surface area contributed by atoms with Crippen molar-refractivity contribution >= 4 is 29.1 Å². The fourth-order valence-corrected chi connectivity index (χ4v) is 2.60. The molecule has 6 heteroatoms. The first kappa shape index (κ1) is 15.8. The number of aliphatic hydroxyl groups is 1.